The number of nitrogens with one attached hydrogen (secondary N) is 2. The van der Waals surface area contributed by atoms with Crippen LogP contribution >= 0.6 is 0 Å². The number of rotatable bonds is 1. The number of hydrogen-bond acceptors (Lipinski definition) is 0. The number of aromatic nitrogens is 2. The summed E-state index contributed by atoms with van der Waals surface area (Å²) in [6.45, 7) is 0. The molecule has 2 aromatic carbocycles. The molecule has 0 unspecified atom stereocenters. The van der Waals surface area contributed by atoms with Crippen molar-refractivity contribution in [3.8, 4) is 11.3 Å². The quantitative estimate of drug-likeness (QED) is 0.490. The normalized spacial score (nSPS) is 11.3. The third-order valence-corrected chi connectivity index (χ3v) is 3.42. The molecule has 0 amide bonds. The second-order valence-corrected chi connectivity index (χ2v) is 4.51. The van der Waals surface area contributed by atoms with E-state index in [1.54, 1.807) is 0 Å². The van der Waals surface area contributed by atoms with E-state index in [2.05, 4.69) is 64.6 Å². The minimum absolute atomic E-state index is 1.17. The van der Waals surface area contributed by atoms with Gasteiger partial charge in [0.15, 0.2) is 0 Å². The lowest BCUT2D eigenvalue weighted by Crippen LogP contribution is -1.78. The van der Waals surface area contributed by atoms with Crippen molar-refractivity contribution in [2.45, 2.75) is 0 Å². The van der Waals surface area contributed by atoms with Crippen LogP contribution in [-0.2, 0) is 0 Å². The Labute approximate surface area is 104 Å². The fourth-order valence-corrected chi connectivity index (χ4v) is 2.54. The second kappa shape index (κ2) is 3.50. The summed E-state index contributed by atoms with van der Waals surface area (Å²) in [6.07, 6.45) is 1.98. The van der Waals surface area contributed by atoms with E-state index in [1.807, 2.05) is 6.20 Å². The van der Waals surface area contributed by atoms with E-state index in [0.717, 1.165) is 0 Å². The highest BCUT2D eigenvalue weighted by Gasteiger charge is 2.06. The van der Waals surface area contributed by atoms with Gasteiger partial charge in [0.1, 0.15) is 0 Å². The van der Waals surface area contributed by atoms with Crippen molar-refractivity contribution in [2.24, 2.45) is 0 Å². The van der Waals surface area contributed by atoms with Gasteiger partial charge in [-0.2, -0.15) is 0 Å². The van der Waals surface area contributed by atoms with Gasteiger partial charge in [-0.1, -0.05) is 30.3 Å². The maximum absolute atomic E-state index is 3.48. The topological polar surface area (TPSA) is 31.6 Å². The Morgan fingerprint density at radius 1 is 0.778 bits per heavy atom. The van der Waals surface area contributed by atoms with Crippen LogP contribution in [0.5, 0.6) is 0 Å². The number of H-pyrrole nitrogens is 2. The minimum Gasteiger partial charge on any atom is -0.361 e. The molecule has 4 rings (SSSR count). The van der Waals surface area contributed by atoms with E-state index in [4.69, 9.17) is 0 Å². The predicted octanol–water partition coefficient (Wildman–Crippen LogP) is 4.32. The molecule has 0 saturated carbocycles. The molecule has 0 radical (unpaired) electrons. The third-order valence-electron chi connectivity index (χ3n) is 3.42. The molecule has 0 saturated heterocycles. The SMILES string of the molecule is c1ccc2[nH]c(-c3cccc4[nH]ccc34)cc2c1. The largest absolute Gasteiger partial charge is 0.361 e. The van der Waals surface area contributed by atoms with E-state index in [9.17, 15) is 0 Å². The summed E-state index contributed by atoms with van der Waals surface area (Å²) in [5.41, 5.74) is 4.76. The van der Waals surface area contributed by atoms with E-state index in [1.165, 1.54) is 33.1 Å². The molecule has 0 aliphatic rings. The standard InChI is InChI=1S/C16H12N2/c1-2-6-14-11(4-1)10-16(18-14)12-5-3-7-15-13(12)8-9-17-15/h1-10,17-18H. The Kier molecular flexibility index (Phi) is 1.86. The highest BCUT2D eigenvalue weighted by atomic mass is 14.7. The Bertz CT molecular complexity index is 803. The molecule has 2 heterocycles. The van der Waals surface area contributed by atoms with Crippen molar-refractivity contribution < 1.29 is 0 Å². The number of benzene rings is 2. The Morgan fingerprint density at radius 2 is 1.67 bits per heavy atom. The zero-order chi connectivity index (χ0) is 11.9. The first-order chi connectivity index (χ1) is 8.92. The summed E-state index contributed by atoms with van der Waals surface area (Å²) < 4.78 is 0. The van der Waals surface area contributed by atoms with Crippen molar-refractivity contribution >= 4 is 21.8 Å². The van der Waals surface area contributed by atoms with Crippen molar-refractivity contribution in [3.05, 3.63) is 60.8 Å². The van der Waals surface area contributed by atoms with Gasteiger partial charge >= 0.3 is 0 Å². The summed E-state index contributed by atoms with van der Waals surface area (Å²) in [6, 6.07) is 19.0. The first kappa shape index (κ1) is 9.54. The molecule has 2 heteroatoms. The average molecular weight is 232 g/mol. The fourth-order valence-electron chi connectivity index (χ4n) is 2.54. The lowest BCUT2D eigenvalue weighted by Gasteiger charge is -2.00. The first-order valence-corrected chi connectivity index (χ1v) is 6.06. The molecule has 4 aromatic rings. The molecule has 0 spiro atoms. The van der Waals surface area contributed by atoms with E-state index < -0.39 is 0 Å². The number of aromatic amines is 2. The maximum atomic E-state index is 3.48. The van der Waals surface area contributed by atoms with Crippen molar-refractivity contribution in [3.63, 3.8) is 0 Å². The molecule has 0 bridgehead atoms. The summed E-state index contributed by atoms with van der Waals surface area (Å²) in [7, 11) is 0. The van der Waals surface area contributed by atoms with Crippen molar-refractivity contribution in [2.75, 3.05) is 0 Å². The number of hydrogen-bond donors (Lipinski definition) is 2. The van der Waals surface area contributed by atoms with Crippen LogP contribution in [0, 0.1) is 0 Å². The highest BCUT2D eigenvalue weighted by Crippen LogP contribution is 2.29. The summed E-state index contributed by atoms with van der Waals surface area (Å²) in [5.74, 6) is 0. The van der Waals surface area contributed by atoms with E-state index in [-0.39, 0.29) is 0 Å². The molecule has 0 aliphatic heterocycles. The van der Waals surface area contributed by atoms with Crippen LogP contribution in [0.3, 0.4) is 0 Å². The highest BCUT2D eigenvalue weighted by molar-refractivity contribution is 5.97. The molecule has 0 aliphatic carbocycles. The van der Waals surface area contributed by atoms with Gasteiger partial charge in [0.05, 0.1) is 0 Å². The molecule has 0 fully saturated rings. The van der Waals surface area contributed by atoms with Gasteiger partial charge in [-0.05, 0) is 24.3 Å². The average Bonchev–Trinajstić information content (AvgIpc) is 3.04. The Hall–Kier alpha value is -2.48. The zero-order valence-corrected chi connectivity index (χ0v) is 9.77. The molecule has 2 nitrogen and oxygen atoms in total. The van der Waals surface area contributed by atoms with Gasteiger partial charge in [0.2, 0.25) is 0 Å². The second-order valence-electron chi connectivity index (χ2n) is 4.51. The summed E-state index contributed by atoms with van der Waals surface area (Å²) >= 11 is 0. The van der Waals surface area contributed by atoms with Gasteiger partial charge < -0.3 is 9.97 Å². The van der Waals surface area contributed by atoms with Crippen LogP contribution in [0.2, 0.25) is 0 Å². The first-order valence-electron chi connectivity index (χ1n) is 6.06. The van der Waals surface area contributed by atoms with Gasteiger partial charge in [0.25, 0.3) is 0 Å². The van der Waals surface area contributed by atoms with Crippen LogP contribution in [0.4, 0.5) is 0 Å². The summed E-state index contributed by atoms with van der Waals surface area (Å²) in [4.78, 5) is 6.73. The zero-order valence-electron chi connectivity index (χ0n) is 9.77. The fraction of sp³-hybridized carbons (Fsp3) is 0. The molecule has 2 aromatic heterocycles. The smallest absolute Gasteiger partial charge is 0.0471 e. The van der Waals surface area contributed by atoms with Crippen LogP contribution in [0.25, 0.3) is 33.1 Å². The third kappa shape index (κ3) is 1.29. The van der Waals surface area contributed by atoms with Crippen LogP contribution < -0.4 is 0 Å². The predicted molar refractivity (Wildman–Crippen MR) is 75.6 cm³/mol. The Morgan fingerprint density at radius 3 is 2.61 bits per heavy atom. The van der Waals surface area contributed by atoms with Crippen molar-refractivity contribution in [1.29, 1.82) is 0 Å². The van der Waals surface area contributed by atoms with Gasteiger partial charge in [0, 0.05) is 39.3 Å². The van der Waals surface area contributed by atoms with Gasteiger partial charge in [-0.25, -0.2) is 0 Å². The van der Waals surface area contributed by atoms with Gasteiger partial charge in [-0.3, -0.25) is 0 Å². The van der Waals surface area contributed by atoms with Crippen LogP contribution in [-0.4, -0.2) is 9.97 Å². The van der Waals surface area contributed by atoms with E-state index >= 15 is 0 Å². The number of fused-ring (bicyclic) bond motifs is 2. The molecule has 86 valence electrons. The molecular formula is C16H12N2. The van der Waals surface area contributed by atoms with Crippen molar-refractivity contribution in [1.82, 2.24) is 9.97 Å². The van der Waals surface area contributed by atoms with Crippen LogP contribution in [0.1, 0.15) is 0 Å². The lowest BCUT2D eigenvalue weighted by molar-refractivity contribution is 1.46. The Balaban J connectivity index is 2.04. The maximum Gasteiger partial charge on any atom is 0.0471 e. The molecular weight excluding hydrogens is 220 g/mol. The van der Waals surface area contributed by atoms with Crippen LogP contribution in [0.15, 0.2) is 60.8 Å². The lowest BCUT2D eigenvalue weighted by atomic mass is 10.1. The minimum atomic E-state index is 1.17. The molecule has 0 atom stereocenters. The monoisotopic (exact) mass is 232 g/mol. The number of para-hydroxylation sites is 1. The van der Waals surface area contributed by atoms with Gasteiger partial charge in [-0.15, -0.1) is 0 Å². The molecule has 18 heavy (non-hydrogen) atoms. The van der Waals surface area contributed by atoms with E-state index in [0.29, 0.717) is 0 Å². The molecule has 2 N–H and O–H groups in total. The summed E-state index contributed by atoms with van der Waals surface area (Å²) in [5, 5.41) is 2.50.